The van der Waals surface area contributed by atoms with Crippen LogP contribution in [0.15, 0.2) is 53.8 Å². The number of aromatic nitrogens is 2. The Morgan fingerprint density at radius 2 is 2.10 bits per heavy atom. The topological polar surface area (TPSA) is 90.7 Å². The van der Waals surface area contributed by atoms with Gasteiger partial charge in [-0.2, -0.15) is 0 Å². The third-order valence-corrected chi connectivity index (χ3v) is 4.98. The van der Waals surface area contributed by atoms with Crippen LogP contribution in [-0.4, -0.2) is 34.3 Å². The van der Waals surface area contributed by atoms with Crippen molar-refractivity contribution in [3.05, 3.63) is 76.4 Å². The Morgan fingerprint density at radius 1 is 1.27 bits per heavy atom. The normalized spacial score (nSPS) is 14.0. The second-order valence-electron chi connectivity index (χ2n) is 6.86. The molecule has 0 unspecified atom stereocenters. The van der Waals surface area contributed by atoms with Gasteiger partial charge in [0.2, 0.25) is 0 Å². The van der Waals surface area contributed by atoms with Crippen molar-refractivity contribution in [2.24, 2.45) is 0 Å². The van der Waals surface area contributed by atoms with Crippen molar-refractivity contribution >= 4 is 28.5 Å². The highest BCUT2D eigenvalue weighted by Crippen LogP contribution is 2.32. The maximum atomic E-state index is 12.8. The predicted molar refractivity (Wildman–Crippen MR) is 114 cm³/mol. The van der Waals surface area contributed by atoms with Crippen LogP contribution in [0, 0.1) is 0 Å². The Labute approximate surface area is 172 Å². The van der Waals surface area contributed by atoms with Gasteiger partial charge in [0.25, 0.3) is 5.56 Å². The summed E-state index contributed by atoms with van der Waals surface area (Å²) in [6.07, 6.45) is 4.27. The number of carbonyl (C=O) groups is 1. The molecule has 0 spiro atoms. The summed E-state index contributed by atoms with van der Waals surface area (Å²) in [4.78, 5) is 28.7. The largest absolute Gasteiger partial charge is 0.493 e. The van der Waals surface area contributed by atoms with Crippen LogP contribution in [-0.2, 0) is 6.54 Å². The third-order valence-electron chi connectivity index (χ3n) is 4.98. The molecule has 1 aliphatic heterocycles. The number of nitrogens with zero attached hydrogens (tertiary/aromatic N) is 2. The number of fused-ring (bicyclic) bond motifs is 2. The van der Waals surface area contributed by atoms with E-state index in [9.17, 15) is 14.7 Å². The molecule has 1 aromatic heterocycles. The van der Waals surface area contributed by atoms with Gasteiger partial charge in [0.05, 0.1) is 23.6 Å². The van der Waals surface area contributed by atoms with Gasteiger partial charge < -0.3 is 14.6 Å². The monoisotopic (exact) mass is 404 g/mol. The van der Waals surface area contributed by atoms with E-state index in [0.717, 1.165) is 11.1 Å². The zero-order chi connectivity index (χ0) is 21.3. The molecule has 0 radical (unpaired) electrons. The third kappa shape index (κ3) is 3.45. The lowest BCUT2D eigenvalue weighted by Gasteiger charge is -2.10. The standard InChI is InChI=1S/C23H20N2O5/c1-3-10-30-19-7-4-14(12-20(19)29-2)11-15-8-9-25-21(15)24-18-13-16(23(27)28)5-6-17(18)22(25)26/h3-7,11-13H,1,8-10H2,2H3,(H,27,28)/b15-11+. The highest BCUT2D eigenvalue weighted by atomic mass is 16.5. The molecule has 0 atom stereocenters. The minimum atomic E-state index is -1.05. The van der Waals surface area contributed by atoms with Gasteiger partial charge >= 0.3 is 5.97 Å². The first-order valence-electron chi connectivity index (χ1n) is 9.42. The second-order valence-corrected chi connectivity index (χ2v) is 6.86. The zero-order valence-electron chi connectivity index (χ0n) is 16.4. The van der Waals surface area contributed by atoms with E-state index in [1.165, 1.54) is 18.2 Å². The smallest absolute Gasteiger partial charge is 0.335 e. The lowest BCUT2D eigenvalue weighted by molar-refractivity contribution is 0.0697. The Morgan fingerprint density at radius 3 is 2.83 bits per heavy atom. The van der Waals surface area contributed by atoms with Crippen molar-refractivity contribution in [1.82, 2.24) is 9.55 Å². The van der Waals surface area contributed by atoms with Gasteiger partial charge in [0.15, 0.2) is 11.5 Å². The van der Waals surface area contributed by atoms with Gasteiger partial charge in [0, 0.05) is 6.54 Å². The van der Waals surface area contributed by atoms with Crippen molar-refractivity contribution in [2.75, 3.05) is 13.7 Å². The molecule has 0 saturated heterocycles. The fourth-order valence-corrected chi connectivity index (χ4v) is 3.53. The number of aromatic carboxylic acids is 1. The van der Waals surface area contributed by atoms with Crippen molar-refractivity contribution < 1.29 is 19.4 Å². The van der Waals surface area contributed by atoms with E-state index < -0.39 is 5.97 Å². The first kappa shape index (κ1) is 19.4. The molecular formula is C23H20N2O5. The van der Waals surface area contributed by atoms with Crippen LogP contribution < -0.4 is 15.0 Å². The van der Waals surface area contributed by atoms with E-state index in [1.54, 1.807) is 17.8 Å². The summed E-state index contributed by atoms with van der Waals surface area (Å²) < 4.78 is 12.6. The molecule has 1 aliphatic rings. The second kappa shape index (κ2) is 7.87. The number of hydrogen-bond donors (Lipinski definition) is 1. The molecule has 152 valence electrons. The van der Waals surface area contributed by atoms with Crippen LogP contribution in [0.3, 0.4) is 0 Å². The molecule has 1 N–H and O–H groups in total. The lowest BCUT2D eigenvalue weighted by Crippen LogP contribution is -2.21. The molecule has 7 nitrogen and oxygen atoms in total. The molecule has 3 aromatic rings. The quantitative estimate of drug-likeness (QED) is 0.631. The van der Waals surface area contributed by atoms with Crippen LogP contribution in [0.1, 0.15) is 28.2 Å². The molecule has 0 saturated carbocycles. The average Bonchev–Trinajstić information content (AvgIpc) is 3.15. The van der Waals surface area contributed by atoms with E-state index in [2.05, 4.69) is 11.6 Å². The summed E-state index contributed by atoms with van der Waals surface area (Å²) in [6, 6.07) is 9.97. The minimum Gasteiger partial charge on any atom is -0.493 e. The Kier molecular flexibility index (Phi) is 5.10. The molecule has 0 amide bonds. The van der Waals surface area contributed by atoms with Crippen LogP contribution >= 0.6 is 0 Å². The summed E-state index contributed by atoms with van der Waals surface area (Å²) in [7, 11) is 1.57. The van der Waals surface area contributed by atoms with Gasteiger partial charge in [-0.15, -0.1) is 0 Å². The highest BCUT2D eigenvalue weighted by Gasteiger charge is 2.21. The van der Waals surface area contributed by atoms with Gasteiger partial charge in [0.1, 0.15) is 12.4 Å². The van der Waals surface area contributed by atoms with E-state index in [-0.39, 0.29) is 11.1 Å². The number of methoxy groups -OCH3 is 1. The van der Waals surface area contributed by atoms with Gasteiger partial charge in [-0.3, -0.25) is 9.36 Å². The van der Waals surface area contributed by atoms with Crippen LogP contribution in [0.2, 0.25) is 0 Å². The molecule has 4 rings (SSSR count). The SMILES string of the molecule is C=CCOc1ccc(/C=C2\CCn3c2nc2cc(C(=O)O)ccc2c3=O)cc1OC. The Balaban J connectivity index is 1.77. The number of hydrogen-bond acceptors (Lipinski definition) is 5. The van der Waals surface area contributed by atoms with Crippen molar-refractivity contribution in [2.45, 2.75) is 13.0 Å². The minimum absolute atomic E-state index is 0.0997. The van der Waals surface area contributed by atoms with Crippen LogP contribution in [0.25, 0.3) is 22.6 Å². The molecule has 30 heavy (non-hydrogen) atoms. The number of carboxylic acids is 1. The summed E-state index contributed by atoms with van der Waals surface area (Å²) >= 11 is 0. The summed E-state index contributed by atoms with van der Waals surface area (Å²) in [5.74, 6) is 0.717. The number of allylic oxidation sites excluding steroid dienone is 1. The number of carboxylic acid groups (broad SMARTS) is 1. The van der Waals surface area contributed by atoms with Crippen LogP contribution in [0.5, 0.6) is 11.5 Å². The van der Waals surface area contributed by atoms with E-state index in [1.807, 2.05) is 24.3 Å². The Bertz CT molecular complexity index is 1260. The van der Waals surface area contributed by atoms with E-state index in [4.69, 9.17) is 9.47 Å². The first-order valence-corrected chi connectivity index (χ1v) is 9.42. The molecule has 2 heterocycles. The number of ether oxygens (including phenoxy) is 2. The number of rotatable bonds is 6. The van der Waals surface area contributed by atoms with Gasteiger partial charge in [-0.1, -0.05) is 18.7 Å². The molecule has 0 bridgehead atoms. The lowest BCUT2D eigenvalue weighted by atomic mass is 10.1. The number of benzene rings is 2. The molecular weight excluding hydrogens is 384 g/mol. The van der Waals surface area contributed by atoms with E-state index >= 15 is 0 Å². The highest BCUT2D eigenvalue weighted by molar-refractivity contribution is 5.93. The fraction of sp³-hybridized carbons (Fsp3) is 0.174. The van der Waals surface area contributed by atoms with E-state index in [0.29, 0.717) is 47.8 Å². The average molecular weight is 404 g/mol. The maximum Gasteiger partial charge on any atom is 0.335 e. The van der Waals surface area contributed by atoms with Gasteiger partial charge in [-0.25, -0.2) is 9.78 Å². The molecule has 7 heteroatoms. The molecule has 0 fully saturated rings. The Hall–Kier alpha value is -3.87. The summed E-state index contributed by atoms with van der Waals surface area (Å²) in [5, 5.41) is 9.64. The summed E-state index contributed by atoms with van der Waals surface area (Å²) in [6.45, 7) is 4.55. The van der Waals surface area contributed by atoms with Crippen molar-refractivity contribution in [3.8, 4) is 11.5 Å². The summed E-state index contributed by atoms with van der Waals surface area (Å²) in [5.41, 5.74) is 2.10. The van der Waals surface area contributed by atoms with Crippen LogP contribution in [0.4, 0.5) is 0 Å². The van der Waals surface area contributed by atoms with Crippen molar-refractivity contribution in [1.29, 1.82) is 0 Å². The van der Waals surface area contributed by atoms with Crippen molar-refractivity contribution in [3.63, 3.8) is 0 Å². The molecule has 0 aliphatic carbocycles. The zero-order valence-corrected chi connectivity index (χ0v) is 16.4. The maximum absolute atomic E-state index is 12.8. The van der Waals surface area contributed by atoms with Gasteiger partial charge in [-0.05, 0) is 54.0 Å². The predicted octanol–water partition coefficient (Wildman–Crippen LogP) is 3.61. The first-order chi connectivity index (χ1) is 14.5. The fourth-order valence-electron chi connectivity index (χ4n) is 3.53. The molecule has 2 aromatic carbocycles.